The van der Waals surface area contributed by atoms with Gasteiger partial charge in [-0.05, 0) is 44.0 Å². The van der Waals surface area contributed by atoms with Gasteiger partial charge in [-0.1, -0.05) is 0 Å². The molecule has 0 saturated carbocycles. The van der Waals surface area contributed by atoms with Crippen LogP contribution in [-0.4, -0.2) is 41.3 Å². The molecule has 130 valence electrons. The van der Waals surface area contributed by atoms with Crippen LogP contribution in [0.1, 0.15) is 18.5 Å². The first kappa shape index (κ1) is 15.9. The molecular formula is C19H22N4O2. The Labute approximate surface area is 146 Å². The maximum Gasteiger partial charge on any atom is 0.145 e. The Hall–Kier alpha value is -2.60. The van der Waals surface area contributed by atoms with Gasteiger partial charge in [-0.2, -0.15) is 0 Å². The maximum absolute atomic E-state index is 5.41. The van der Waals surface area contributed by atoms with E-state index in [9.17, 15) is 0 Å². The highest BCUT2D eigenvalue weighted by molar-refractivity contribution is 5.86. The van der Waals surface area contributed by atoms with Crippen molar-refractivity contribution < 1.29 is 9.47 Å². The number of methoxy groups -OCH3 is 1. The summed E-state index contributed by atoms with van der Waals surface area (Å²) < 4.78 is 10.7. The highest BCUT2D eigenvalue weighted by Gasteiger charge is 2.16. The van der Waals surface area contributed by atoms with E-state index in [0.717, 1.165) is 65.6 Å². The molecule has 3 aromatic rings. The summed E-state index contributed by atoms with van der Waals surface area (Å²) in [5.41, 5.74) is 3.78. The van der Waals surface area contributed by atoms with Crippen molar-refractivity contribution in [3.8, 4) is 17.1 Å². The van der Waals surface area contributed by atoms with E-state index in [-0.39, 0.29) is 0 Å². The number of ether oxygens (including phenoxy) is 2. The second-order valence-electron chi connectivity index (χ2n) is 6.36. The van der Waals surface area contributed by atoms with Gasteiger partial charge in [-0.15, -0.1) is 0 Å². The van der Waals surface area contributed by atoms with Gasteiger partial charge in [0, 0.05) is 30.2 Å². The number of benzene rings is 1. The highest BCUT2D eigenvalue weighted by atomic mass is 16.5. The average molecular weight is 338 g/mol. The first-order valence-corrected chi connectivity index (χ1v) is 8.58. The number of anilines is 1. The molecule has 4 rings (SSSR count). The number of aromatic nitrogens is 3. The van der Waals surface area contributed by atoms with Crippen LogP contribution in [0.5, 0.6) is 5.75 Å². The van der Waals surface area contributed by atoms with Crippen LogP contribution in [0.2, 0.25) is 0 Å². The zero-order chi connectivity index (χ0) is 17.2. The summed E-state index contributed by atoms with van der Waals surface area (Å²) in [6.45, 7) is 3.58. The van der Waals surface area contributed by atoms with Crippen LogP contribution in [0.25, 0.3) is 22.3 Å². The summed E-state index contributed by atoms with van der Waals surface area (Å²) in [4.78, 5) is 12.8. The van der Waals surface area contributed by atoms with Gasteiger partial charge in [0.2, 0.25) is 0 Å². The van der Waals surface area contributed by atoms with Crippen molar-refractivity contribution in [3.63, 3.8) is 0 Å². The lowest BCUT2D eigenvalue weighted by atomic mass is 10.1. The molecule has 6 heteroatoms. The van der Waals surface area contributed by atoms with Crippen molar-refractivity contribution in [1.82, 2.24) is 15.0 Å². The summed E-state index contributed by atoms with van der Waals surface area (Å²) in [6, 6.07) is 8.47. The number of fused-ring (bicyclic) bond motifs is 1. The molecule has 0 bridgehead atoms. The lowest BCUT2D eigenvalue weighted by Crippen LogP contribution is -2.28. The van der Waals surface area contributed by atoms with Gasteiger partial charge in [0.15, 0.2) is 0 Å². The molecule has 1 aromatic carbocycles. The molecule has 1 aliphatic rings. The van der Waals surface area contributed by atoms with E-state index in [0.29, 0.717) is 6.04 Å². The van der Waals surface area contributed by atoms with Crippen LogP contribution < -0.4 is 10.1 Å². The van der Waals surface area contributed by atoms with E-state index in [1.807, 2.05) is 25.1 Å². The number of hydrogen-bond donors (Lipinski definition) is 2. The second-order valence-corrected chi connectivity index (χ2v) is 6.36. The van der Waals surface area contributed by atoms with Crippen molar-refractivity contribution in [2.24, 2.45) is 0 Å². The molecule has 0 aliphatic carbocycles. The first-order valence-electron chi connectivity index (χ1n) is 8.58. The van der Waals surface area contributed by atoms with Gasteiger partial charge in [0.05, 0.1) is 24.7 Å². The largest absolute Gasteiger partial charge is 0.497 e. The summed E-state index contributed by atoms with van der Waals surface area (Å²) >= 11 is 0. The summed E-state index contributed by atoms with van der Waals surface area (Å²) in [6.07, 6.45) is 3.80. The molecule has 1 saturated heterocycles. The number of nitrogens with one attached hydrogen (secondary N) is 2. The molecule has 1 aliphatic heterocycles. The molecule has 2 N–H and O–H groups in total. The fourth-order valence-electron chi connectivity index (χ4n) is 3.19. The van der Waals surface area contributed by atoms with Crippen molar-refractivity contribution in [2.45, 2.75) is 25.8 Å². The molecule has 0 radical (unpaired) electrons. The van der Waals surface area contributed by atoms with Gasteiger partial charge in [-0.25, -0.2) is 4.98 Å². The first-order chi connectivity index (χ1) is 12.2. The SMILES string of the molecule is COc1ccc2[nH]c(-c3nc(NC4CCOCC4)cnc3C)cc2c1. The molecule has 0 unspecified atom stereocenters. The fourth-order valence-corrected chi connectivity index (χ4v) is 3.19. The minimum atomic E-state index is 0.394. The van der Waals surface area contributed by atoms with Crippen molar-refractivity contribution >= 4 is 16.7 Å². The number of hydrogen-bond acceptors (Lipinski definition) is 5. The lowest BCUT2D eigenvalue weighted by Gasteiger charge is -2.23. The van der Waals surface area contributed by atoms with Gasteiger partial charge >= 0.3 is 0 Å². The molecule has 6 nitrogen and oxygen atoms in total. The van der Waals surface area contributed by atoms with Crippen LogP contribution in [0, 0.1) is 6.92 Å². The molecule has 0 amide bonds. The summed E-state index contributed by atoms with van der Waals surface area (Å²) in [5, 5.41) is 4.58. The van der Waals surface area contributed by atoms with E-state index < -0.39 is 0 Å². The number of aryl methyl sites for hydroxylation is 1. The van der Waals surface area contributed by atoms with Crippen molar-refractivity contribution in [1.29, 1.82) is 0 Å². The minimum Gasteiger partial charge on any atom is -0.497 e. The third-order valence-electron chi connectivity index (χ3n) is 4.61. The van der Waals surface area contributed by atoms with Gasteiger partial charge in [0.25, 0.3) is 0 Å². The predicted octanol–water partition coefficient (Wildman–Crippen LogP) is 3.53. The molecule has 3 heterocycles. The predicted molar refractivity (Wildman–Crippen MR) is 98.1 cm³/mol. The summed E-state index contributed by atoms with van der Waals surface area (Å²) in [7, 11) is 1.68. The van der Waals surface area contributed by atoms with Crippen LogP contribution in [0.3, 0.4) is 0 Å². The molecule has 2 aromatic heterocycles. The third-order valence-corrected chi connectivity index (χ3v) is 4.61. The van der Waals surface area contributed by atoms with Gasteiger partial charge < -0.3 is 19.8 Å². The Bertz CT molecular complexity index is 884. The molecular weight excluding hydrogens is 316 g/mol. The third kappa shape index (κ3) is 3.30. The van der Waals surface area contributed by atoms with Gasteiger partial charge in [-0.3, -0.25) is 4.98 Å². The van der Waals surface area contributed by atoms with Gasteiger partial charge in [0.1, 0.15) is 17.3 Å². The Morgan fingerprint density at radius 3 is 2.88 bits per heavy atom. The highest BCUT2D eigenvalue weighted by Crippen LogP contribution is 2.28. The fraction of sp³-hybridized carbons (Fsp3) is 0.368. The topological polar surface area (TPSA) is 72.1 Å². The average Bonchev–Trinajstić information content (AvgIpc) is 3.07. The van der Waals surface area contributed by atoms with E-state index in [4.69, 9.17) is 14.5 Å². The summed E-state index contributed by atoms with van der Waals surface area (Å²) in [5.74, 6) is 1.65. The number of nitrogens with zero attached hydrogens (tertiary/aromatic N) is 2. The minimum absolute atomic E-state index is 0.394. The van der Waals surface area contributed by atoms with Crippen LogP contribution >= 0.6 is 0 Å². The number of H-pyrrole nitrogens is 1. The number of aromatic amines is 1. The Morgan fingerprint density at radius 2 is 2.08 bits per heavy atom. The molecule has 0 spiro atoms. The van der Waals surface area contributed by atoms with Crippen LogP contribution in [-0.2, 0) is 4.74 Å². The van der Waals surface area contributed by atoms with E-state index >= 15 is 0 Å². The lowest BCUT2D eigenvalue weighted by molar-refractivity contribution is 0.0904. The Morgan fingerprint density at radius 1 is 1.24 bits per heavy atom. The number of rotatable bonds is 4. The quantitative estimate of drug-likeness (QED) is 0.761. The normalized spacial score (nSPS) is 15.4. The van der Waals surface area contributed by atoms with E-state index in [1.165, 1.54) is 0 Å². The Kier molecular flexibility index (Phi) is 4.28. The zero-order valence-electron chi connectivity index (χ0n) is 14.5. The molecule has 0 atom stereocenters. The van der Waals surface area contributed by atoms with E-state index in [2.05, 4.69) is 21.4 Å². The van der Waals surface area contributed by atoms with Crippen LogP contribution in [0.15, 0.2) is 30.5 Å². The van der Waals surface area contributed by atoms with Crippen molar-refractivity contribution in [3.05, 3.63) is 36.2 Å². The Balaban J connectivity index is 1.65. The van der Waals surface area contributed by atoms with Crippen LogP contribution in [0.4, 0.5) is 5.82 Å². The monoisotopic (exact) mass is 338 g/mol. The second kappa shape index (κ2) is 6.72. The van der Waals surface area contributed by atoms with E-state index in [1.54, 1.807) is 13.3 Å². The molecule has 1 fully saturated rings. The zero-order valence-corrected chi connectivity index (χ0v) is 14.5. The maximum atomic E-state index is 5.41. The molecule has 25 heavy (non-hydrogen) atoms. The standard InChI is InChI=1S/C19H22N4O2/c1-12-19(17-10-13-9-15(24-2)3-4-16(13)22-17)23-18(11-20-12)21-14-5-7-25-8-6-14/h3-4,9-11,14,22H,5-8H2,1-2H3,(H,21,23). The van der Waals surface area contributed by atoms with Crippen molar-refractivity contribution in [2.75, 3.05) is 25.6 Å². The smallest absolute Gasteiger partial charge is 0.145 e.